The molecule has 7 heteroatoms. The van der Waals surface area contributed by atoms with Gasteiger partial charge in [-0.25, -0.2) is 9.78 Å². The fourth-order valence-corrected chi connectivity index (χ4v) is 2.68. The summed E-state index contributed by atoms with van der Waals surface area (Å²) in [6.07, 6.45) is 1.89. The van der Waals surface area contributed by atoms with Gasteiger partial charge in [0.05, 0.1) is 18.4 Å². The molecule has 3 rings (SSSR count). The minimum Gasteiger partial charge on any atom is -0.465 e. The van der Waals surface area contributed by atoms with E-state index in [1.807, 2.05) is 47.8 Å². The van der Waals surface area contributed by atoms with Crippen molar-refractivity contribution in [2.24, 2.45) is 0 Å². The number of anilines is 1. The molecule has 0 aliphatic rings. The van der Waals surface area contributed by atoms with E-state index in [0.717, 1.165) is 11.3 Å². The molecule has 1 aromatic carbocycles. The molecule has 0 fully saturated rings. The summed E-state index contributed by atoms with van der Waals surface area (Å²) in [4.78, 5) is 30.7. The van der Waals surface area contributed by atoms with Gasteiger partial charge in [0.2, 0.25) is 0 Å². The highest BCUT2D eigenvalue weighted by molar-refractivity contribution is 6.04. The van der Waals surface area contributed by atoms with Crippen LogP contribution in [0.4, 0.5) is 5.69 Å². The number of amides is 1. The Morgan fingerprint density at radius 2 is 1.88 bits per heavy atom. The number of carbonyl (C=O) groups excluding carboxylic acids is 2. The zero-order valence-corrected chi connectivity index (χ0v) is 14.9. The molecule has 1 N–H and O–H groups in total. The van der Waals surface area contributed by atoms with Crippen LogP contribution in [0, 0.1) is 0 Å². The molecule has 0 spiro atoms. The number of esters is 1. The van der Waals surface area contributed by atoms with Crippen LogP contribution in [-0.2, 0) is 11.3 Å². The van der Waals surface area contributed by atoms with Crippen LogP contribution in [-0.4, -0.2) is 47.4 Å². The number of imidazole rings is 1. The standard InChI is InChI=1S/C19H20N4O3/c1-22(2)12-15-17(21-16-6-4-5-11-23(15)16)18(24)20-14-9-7-13(8-10-14)19(25)26-3/h4-11H,12H2,1-3H3,(H,20,24). The quantitative estimate of drug-likeness (QED) is 0.714. The van der Waals surface area contributed by atoms with E-state index < -0.39 is 5.97 Å². The highest BCUT2D eigenvalue weighted by atomic mass is 16.5. The first-order valence-electron chi connectivity index (χ1n) is 8.10. The molecule has 7 nitrogen and oxygen atoms in total. The lowest BCUT2D eigenvalue weighted by Gasteiger charge is -2.11. The lowest BCUT2D eigenvalue weighted by Crippen LogP contribution is -2.19. The van der Waals surface area contributed by atoms with Crippen molar-refractivity contribution in [2.45, 2.75) is 6.54 Å². The molecular weight excluding hydrogens is 332 g/mol. The van der Waals surface area contributed by atoms with Crippen LogP contribution in [0.15, 0.2) is 48.7 Å². The molecule has 0 saturated heterocycles. The summed E-state index contributed by atoms with van der Waals surface area (Å²) < 4.78 is 6.58. The van der Waals surface area contributed by atoms with Gasteiger partial charge in [0.1, 0.15) is 5.65 Å². The molecule has 3 aromatic rings. The van der Waals surface area contributed by atoms with Crippen LogP contribution in [0.1, 0.15) is 26.5 Å². The Hall–Kier alpha value is -3.19. The van der Waals surface area contributed by atoms with Crippen LogP contribution in [0.5, 0.6) is 0 Å². The number of carbonyl (C=O) groups is 2. The third-order valence-electron chi connectivity index (χ3n) is 3.87. The minimum atomic E-state index is -0.420. The lowest BCUT2D eigenvalue weighted by molar-refractivity contribution is 0.0600. The van der Waals surface area contributed by atoms with E-state index >= 15 is 0 Å². The number of methoxy groups -OCH3 is 1. The maximum atomic E-state index is 12.8. The molecule has 0 unspecified atom stereocenters. The number of ether oxygens (including phenoxy) is 1. The Morgan fingerprint density at radius 1 is 1.15 bits per heavy atom. The molecule has 26 heavy (non-hydrogen) atoms. The average Bonchev–Trinajstić information content (AvgIpc) is 3.00. The topological polar surface area (TPSA) is 75.9 Å². The number of hydrogen-bond acceptors (Lipinski definition) is 5. The fourth-order valence-electron chi connectivity index (χ4n) is 2.68. The molecule has 0 aliphatic heterocycles. The van der Waals surface area contributed by atoms with Gasteiger partial charge in [-0.1, -0.05) is 6.07 Å². The zero-order valence-electron chi connectivity index (χ0n) is 14.9. The summed E-state index contributed by atoms with van der Waals surface area (Å²) >= 11 is 0. The molecule has 0 atom stereocenters. The number of benzene rings is 1. The molecule has 2 heterocycles. The smallest absolute Gasteiger partial charge is 0.337 e. The SMILES string of the molecule is COC(=O)c1ccc(NC(=O)c2nc3ccccn3c2CN(C)C)cc1. The second-order valence-electron chi connectivity index (χ2n) is 6.10. The predicted molar refractivity (Wildman–Crippen MR) is 98.3 cm³/mol. The minimum absolute atomic E-state index is 0.295. The highest BCUT2D eigenvalue weighted by Crippen LogP contribution is 2.17. The van der Waals surface area contributed by atoms with Gasteiger partial charge >= 0.3 is 5.97 Å². The van der Waals surface area contributed by atoms with Crippen molar-refractivity contribution in [1.82, 2.24) is 14.3 Å². The summed E-state index contributed by atoms with van der Waals surface area (Å²) in [5.41, 5.74) is 2.91. The normalized spacial score (nSPS) is 10.9. The number of aromatic nitrogens is 2. The Kier molecular flexibility index (Phi) is 4.99. The first-order valence-corrected chi connectivity index (χ1v) is 8.10. The molecule has 0 aliphatic carbocycles. The second kappa shape index (κ2) is 7.37. The van der Waals surface area contributed by atoms with E-state index in [4.69, 9.17) is 0 Å². The predicted octanol–water partition coefficient (Wildman–Crippen LogP) is 2.43. The lowest BCUT2D eigenvalue weighted by atomic mass is 10.2. The fraction of sp³-hybridized carbons (Fsp3) is 0.211. The van der Waals surface area contributed by atoms with E-state index in [-0.39, 0.29) is 5.91 Å². The van der Waals surface area contributed by atoms with Crippen LogP contribution in [0.25, 0.3) is 5.65 Å². The zero-order chi connectivity index (χ0) is 18.7. The molecule has 2 aromatic heterocycles. The van der Waals surface area contributed by atoms with Crippen molar-refractivity contribution in [1.29, 1.82) is 0 Å². The van der Waals surface area contributed by atoms with Crippen LogP contribution >= 0.6 is 0 Å². The molecule has 1 amide bonds. The van der Waals surface area contributed by atoms with Crippen LogP contribution in [0.2, 0.25) is 0 Å². The third kappa shape index (κ3) is 3.57. The largest absolute Gasteiger partial charge is 0.465 e. The second-order valence-corrected chi connectivity index (χ2v) is 6.10. The van der Waals surface area contributed by atoms with Gasteiger partial charge < -0.3 is 19.4 Å². The van der Waals surface area contributed by atoms with Crippen molar-refractivity contribution in [2.75, 3.05) is 26.5 Å². The summed E-state index contributed by atoms with van der Waals surface area (Å²) in [7, 11) is 5.21. The molecular formula is C19H20N4O3. The summed E-state index contributed by atoms with van der Waals surface area (Å²) in [6.45, 7) is 0.579. The van der Waals surface area contributed by atoms with E-state index in [9.17, 15) is 9.59 Å². The molecule has 0 saturated carbocycles. The van der Waals surface area contributed by atoms with Crippen molar-refractivity contribution in [3.05, 3.63) is 65.6 Å². The highest BCUT2D eigenvalue weighted by Gasteiger charge is 2.19. The Balaban J connectivity index is 1.88. The van der Waals surface area contributed by atoms with Crippen molar-refractivity contribution < 1.29 is 14.3 Å². The Labute approximate surface area is 151 Å². The van der Waals surface area contributed by atoms with Gasteiger partial charge in [-0.2, -0.15) is 0 Å². The first-order chi connectivity index (χ1) is 12.5. The van der Waals surface area contributed by atoms with Gasteiger partial charge in [-0.05, 0) is 50.5 Å². The van der Waals surface area contributed by atoms with Crippen LogP contribution < -0.4 is 5.32 Å². The maximum Gasteiger partial charge on any atom is 0.337 e. The summed E-state index contributed by atoms with van der Waals surface area (Å²) in [5.74, 6) is -0.715. The van der Waals surface area contributed by atoms with E-state index in [1.165, 1.54) is 7.11 Å². The summed E-state index contributed by atoms with van der Waals surface area (Å²) in [6, 6.07) is 12.2. The van der Waals surface area contributed by atoms with Crippen LogP contribution in [0.3, 0.4) is 0 Å². The Bertz CT molecular complexity index is 945. The van der Waals surface area contributed by atoms with Gasteiger partial charge in [0.15, 0.2) is 5.69 Å². The average molecular weight is 352 g/mol. The number of hydrogen-bond donors (Lipinski definition) is 1. The summed E-state index contributed by atoms with van der Waals surface area (Å²) in [5, 5.41) is 2.83. The van der Waals surface area contributed by atoms with Crippen molar-refractivity contribution in [3.63, 3.8) is 0 Å². The number of nitrogens with zero attached hydrogens (tertiary/aromatic N) is 3. The molecule has 0 radical (unpaired) electrons. The number of nitrogens with one attached hydrogen (secondary N) is 1. The number of rotatable bonds is 5. The number of fused-ring (bicyclic) bond motifs is 1. The van der Waals surface area contributed by atoms with Crippen molar-refractivity contribution >= 4 is 23.2 Å². The molecule has 134 valence electrons. The molecule has 0 bridgehead atoms. The van der Waals surface area contributed by atoms with Crippen molar-refractivity contribution in [3.8, 4) is 0 Å². The van der Waals surface area contributed by atoms with E-state index in [0.29, 0.717) is 23.5 Å². The van der Waals surface area contributed by atoms with Gasteiger partial charge in [0.25, 0.3) is 5.91 Å². The van der Waals surface area contributed by atoms with Gasteiger partial charge in [-0.15, -0.1) is 0 Å². The maximum absolute atomic E-state index is 12.8. The van der Waals surface area contributed by atoms with E-state index in [1.54, 1.807) is 24.3 Å². The monoisotopic (exact) mass is 352 g/mol. The van der Waals surface area contributed by atoms with E-state index in [2.05, 4.69) is 15.0 Å². The number of pyridine rings is 1. The first kappa shape index (κ1) is 17.6. The van der Waals surface area contributed by atoms with Gasteiger partial charge in [-0.3, -0.25) is 4.79 Å². The third-order valence-corrected chi connectivity index (χ3v) is 3.87. The Morgan fingerprint density at radius 3 is 2.54 bits per heavy atom. The van der Waals surface area contributed by atoms with Gasteiger partial charge in [0, 0.05) is 18.4 Å².